The molecule has 1 N–H and O–H groups in total. The molecule has 1 aliphatic heterocycles. The fourth-order valence-electron chi connectivity index (χ4n) is 1.55. The summed E-state index contributed by atoms with van der Waals surface area (Å²) in [6.07, 6.45) is 2.94. The molecule has 1 heterocycles. The zero-order chi connectivity index (χ0) is 15.1. The molecule has 0 aliphatic carbocycles. The van der Waals surface area contributed by atoms with Gasteiger partial charge in [-0.25, -0.2) is 9.59 Å². The second-order valence-electron chi connectivity index (χ2n) is 4.57. The van der Waals surface area contributed by atoms with Crippen molar-refractivity contribution in [1.29, 1.82) is 0 Å². The highest BCUT2D eigenvalue weighted by Crippen LogP contribution is 2.08. The first-order chi connectivity index (χ1) is 9.38. The molecule has 0 aromatic carbocycles. The Bertz CT molecular complexity index is 437. The minimum Gasteiger partial charge on any atom is -0.460 e. The van der Waals surface area contributed by atoms with Gasteiger partial charge >= 0.3 is 11.9 Å². The summed E-state index contributed by atoms with van der Waals surface area (Å²) < 4.78 is 9.85. The first-order valence-corrected chi connectivity index (χ1v) is 6.38. The summed E-state index contributed by atoms with van der Waals surface area (Å²) in [7, 11) is 0. The van der Waals surface area contributed by atoms with Gasteiger partial charge < -0.3 is 14.6 Å². The standard InChI is InChI=1S/C14H18O6/c1-9-3-4-11(15)5-7-14(18)20-10(2)12(16)6-8-13(17)19-9/h5-11,15H,3-4H2,1-2H3. The zero-order valence-electron chi connectivity index (χ0n) is 11.4. The summed E-state index contributed by atoms with van der Waals surface area (Å²) in [4.78, 5) is 34.4. The molecule has 0 saturated carbocycles. The van der Waals surface area contributed by atoms with E-state index in [4.69, 9.17) is 9.47 Å². The van der Waals surface area contributed by atoms with Gasteiger partial charge in [0.25, 0.3) is 0 Å². The number of aliphatic hydroxyl groups is 1. The van der Waals surface area contributed by atoms with Gasteiger partial charge in [0.1, 0.15) is 0 Å². The van der Waals surface area contributed by atoms with Crippen LogP contribution in [0.3, 0.4) is 0 Å². The van der Waals surface area contributed by atoms with E-state index >= 15 is 0 Å². The maximum absolute atomic E-state index is 11.6. The van der Waals surface area contributed by atoms with Crippen LogP contribution in [0.2, 0.25) is 0 Å². The number of esters is 2. The summed E-state index contributed by atoms with van der Waals surface area (Å²) in [5.74, 6) is -1.88. The Morgan fingerprint density at radius 3 is 2.35 bits per heavy atom. The van der Waals surface area contributed by atoms with E-state index in [9.17, 15) is 19.5 Å². The van der Waals surface area contributed by atoms with Gasteiger partial charge in [-0.2, -0.15) is 0 Å². The predicted octanol–water partition coefficient (Wildman–Crippen LogP) is 0.686. The second-order valence-corrected chi connectivity index (χ2v) is 4.57. The molecule has 0 aromatic rings. The summed E-state index contributed by atoms with van der Waals surface area (Å²) in [5.41, 5.74) is 0. The van der Waals surface area contributed by atoms with Gasteiger partial charge in [-0.3, -0.25) is 4.79 Å². The number of carbonyl (C=O) groups excluding carboxylic acids is 3. The Hall–Kier alpha value is -1.95. The van der Waals surface area contributed by atoms with Crippen molar-refractivity contribution in [2.24, 2.45) is 0 Å². The van der Waals surface area contributed by atoms with Crippen LogP contribution in [0, 0.1) is 0 Å². The lowest BCUT2D eigenvalue weighted by Crippen LogP contribution is -2.23. The highest BCUT2D eigenvalue weighted by Gasteiger charge is 2.16. The lowest BCUT2D eigenvalue weighted by atomic mass is 10.1. The van der Waals surface area contributed by atoms with Gasteiger partial charge in [-0.1, -0.05) is 0 Å². The first-order valence-electron chi connectivity index (χ1n) is 6.38. The molecule has 110 valence electrons. The van der Waals surface area contributed by atoms with E-state index < -0.39 is 36.0 Å². The minimum absolute atomic E-state index is 0.344. The molecule has 0 spiro atoms. The molecule has 1 rings (SSSR count). The molecule has 0 aromatic heterocycles. The van der Waals surface area contributed by atoms with Crippen molar-refractivity contribution in [3.63, 3.8) is 0 Å². The predicted molar refractivity (Wildman–Crippen MR) is 69.6 cm³/mol. The van der Waals surface area contributed by atoms with Crippen molar-refractivity contribution < 1.29 is 29.0 Å². The SMILES string of the molecule is CC1CCC(O)C=CC(=O)OC(C)C(=O)C=CC(=O)O1. The molecular formula is C14H18O6. The monoisotopic (exact) mass is 282 g/mol. The number of rotatable bonds is 0. The van der Waals surface area contributed by atoms with E-state index in [-0.39, 0.29) is 0 Å². The Morgan fingerprint density at radius 1 is 1.00 bits per heavy atom. The number of hydrogen-bond donors (Lipinski definition) is 1. The van der Waals surface area contributed by atoms with E-state index in [1.165, 1.54) is 13.0 Å². The van der Waals surface area contributed by atoms with Crippen LogP contribution in [0.5, 0.6) is 0 Å². The van der Waals surface area contributed by atoms with E-state index in [2.05, 4.69) is 0 Å². The lowest BCUT2D eigenvalue weighted by molar-refractivity contribution is -0.147. The first kappa shape index (κ1) is 16.1. The van der Waals surface area contributed by atoms with Gasteiger partial charge in [0.2, 0.25) is 0 Å². The van der Waals surface area contributed by atoms with Gasteiger partial charge in [0.15, 0.2) is 11.9 Å². The molecule has 3 atom stereocenters. The summed E-state index contributed by atoms with van der Waals surface area (Å²) in [6, 6.07) is 0. The number of ether oxygens (including phenoxy) is 2. The quantitative estimate of drug-likeness (QED) is 0.657. The molecule has 20 heavy (non-hydrogen) atoms. The van der Waals surface area contributed by atoms with Crippen molar-refractivity contribution in [3.05, 3.63) is 24.3 Å². The normalized spacial score (nSPS) is 29.6. The number of hydrogen-bond acceptors (Lipinski definition) is 6. The van der Waals surface area contributed by atoms with E-state index in [1.54, 1.807) is 6.92 Å². The number of aliphatic hydroxyl groups excluding tert-OH is 1. The van der Waals surface area contributed by atoms with Crippen molar-refractivity contribution >= 4 is 17.7 Å². The lowest BCUT2D eigenvalue weighted by Gasteiger charge is -2.14. The van der Waals surface area contributed by atoms with Crippen LogP contribution in [0.1, 0.15) is 26.7 Å². The Morgan fingerprint density at radius 2 is 1.65 bits per heavy atom. The van der Waals surface area contributed by atoms with Gasteiger partial charge in [0.05, 0.1) is 12.2 Å². The largest absolute Gasteiger partial charge is 0.460 e. The molecule has 0 radical (unpaired) electrons. The van der Waals surface area contributed by atoms with Crippen molar-refractivity contribution in [1.82, 2.24) is 0 Å². The third-order valence-corrected chi connectivity index (χ3v) is 2.72. The van der Waals surface area contributed by atoms with Crippen LogP contribution < -0.4 is 0 Å². The molecule has 0 amide bonds. The van der Waals surface area contributed by atoms with Crippen LogP contribution in [-0.2, 0) is 23.9 Å². The summed E-state index contributed by atoms with van der Waals surface area (Å²) in [6.45, 7) is 3.08. The summed E-state index contributed by atoms with van der Waals surface area (Å²) >= 11 is 0. The molecule has 0 saturated heterocycles. The van der Waals surface area contributed by atoms with Crippen molar-refractivity contribution in [3.8, 4) is 0 Å². The maximum atomic E-state index is 11.6. The molecule has 6 nitrogen and oxygen atoms in total. The zero-order valence-corrected chi connectivity index (χ0v) is 11.4. The molecular weight excluding hydrogens is 264 g/mol. The van der Waals surface area contributed by atoms with Crippen molar-refractivity contribution in [2.75, 3.05) is 0 Å². The molecule has 0 bridgehead atoms. The van der Waals surface area contributed by atoms with Gasteiger partial charge in [0, 0.05) is 12.2 Å². The highest BCUT2D eigenvalue weighted by atomic mass is 16.5. The van der Waals surface area contributed by atoms with E-state index in [1.807, 2.05) is 0 Å². The number of cyclic esters (lactones) is 2. The second kappa shape index (κ2) is 7.59. The van der Waals surface area contributed by atoms with Crippen LogP contribution in [0.4, 0.5) is 0 Å². The van der Waals surface area contributed by atoms with E-state index in [0.717, 1.165) is 18.2 Å². The topological polar surface area (TPSA) is 89.9 Å². The third kappa shape index (κ3) is 5.79. The number of ketones is 1. The molecule has 3 unspecified atom stereocenters. The van der Waals surface area contributed by atoms with Gasteiger partial charge in [-0.05, 0) is 38.8 Å². The van der Waals surface area contributed by atoms with Gasteiger partial charge in [-0.15, -0.1) is 0 Å². The fourth-order valence-corrected chi connectivity index (χ4v) is 1.55. The minimum atomic E-state index is -1.01. The van der Waals surface area contributed by atoms with Crippen molar-refractivity contribution in [2.45, 2.75) is 45.0 Å². The van der Waals surface area contributed by atoms with Crippen LogP contribution in [0.15, 0.2) is 24.3 Å². The third-order valence-electron chi connectivity index (χ3n) is 2.72. The fraction of sp³-hybridized carbons (Fsp3) is 0.500. The van der Waals surface area contributed by atoms with E-state index in [0.29, 0.717) is 12.8 Å². The number of carbonyl (C=O) groups is 3. The smallest absolute Gasteiger partial charge is 0.331 e. The summed E-state index contributed by atoms with van der Waals surface area (Å²) in [5, 5.41) is 9.62. The maximum Gasteiger partial charge on any atom is 0.331 e. The van der Waals surface area contributed by atoms with Crippen LogP contribution in [0.25, 0.3) is 0 Å². The molecule has 6 heteroatoms. The average Bonchev–Trinajstić information content (AvgIpc) is 2.39. The average molecular weight is 282 g/mol. The van der Waals surface area contributed by atoms with Crippen LogP contribution >= 0.6 is 0 Å². The Balaban J connectivity index is 2.82. The highest BCUT2D eigenvalue weighted by molar-refractivity contribution is 5.99. The van der Waals surface area contributed by atoms with Crippen LogP contribution in [-0.4, -0.2) is 41.1 Å². The Kier molecular flexibility index (Phi) is 6.11. The molecule has 1 aliphatic rings. The Labute approximate surface area is 117 Å². The molecule has 0 fully saturated rings.